The Morgan fingerprint density at radius 2 is 2.18 bits per heavy atom. The standard InChI is InChI=1S/C7H14O4/c1-10-5-3-4-6(11-2)7(8)9/h6H,3-5H2,1-2H3,(H,8,9). The van der Waals surface area contributed by atoms with Crippen LogP contribution in [0.4, 0.5) is 0 Å². The Morgan fingerprint density at radius 3 is 2.55 bits per heavy atom. The Balaban J connectivity index is 3.44. The molecule has 0 bridgehead atoms. The summed E-state index contributed by atoms with van der Waals surface area (Å²) in [6.07, 6.45) is 0.520. The monoisotopic (exact) mass is 162 g/mol. The van der Waals surface area contributed by atoms with Crippen LogP contribution in [0.25, 0.3) is 0 Å². The largest absolute Gasteiger partial charge is 0.479 e. The van der Waals surface area contributed by atoms with Crippen molar-refractivity contribution in [1.82, 2.24) is 0 Å². The van der Waals surface area contributed by atoms with Gasteiger partial charge < -0.3 is 14.6 Å². The highest BCUT2D eigenvalue weighted by molar-refractivity contribution is 5.72. The molecule has 0 heterocycles. The first-order valence-corrected chi connectivity index (χ1v) is 3.47. The van der Waals surface area contributed by atoms with E-state index in [4.69, 9.17) is 14.6 Å². The molecular formula is C7H14O4. The quantitative estimate of drug-likeness (QED) is 0.578. The number of hydrogen-bond donors (Lipinski definition) is 1. The van der Waals surface area contributed by atoms with Gasteiger partial charge in [0, 0.05) is 20.8 Å². The third-order valence-electron chi connectivity index (χ3n) is 1.37. The van der Waals surface area contributed by atoms with Crippen molar-refractivity contribution in [1.29, 1.82) is 0 Å². The highest BCUT2D eigenvalue weighted by Crippen LogP contribution is 2.00. The number of carboxylic acids is 1. The minimum absolute atomic E-state index is 0.500. The lowest BCUT2D eigenvalue weighted by Crippen LogP contribution is -2.22. The van der Waals surface area contributed by atoms with E-state index in [1.165, 1.54) is 7.11 Å². The van der Waals surface area contributed by atoms with Crippen LogP contribution in [-0.4, -0.2) is 38.0 Å². The second-order valence-electron chi connectivity index (χ2n) is 2.20. The summed E-state index contributed by atoms with van der Waals surface area (Å²) in [5, 5.41) is 8.51. The molecule has 0 aliphatic rings. The van der Waals surface area contributed by atoms with Gasteiger partial charge in [0.1, 0.15) is 0 Å². The number of ether oxygens (including phenoxy) is 2. The van der Waals surface area contributed by atoms with Crippen LogP contribution in [0.1, 0.15) is 12.8 Å². The van der Waals surface area contributed by atoms with E-state index < -0.39 is 12.1 Å². The average Bonchev–Trinajstić information content (AvgIpc) is 1.97. The van der Waals surface area contributed by atoms with Crippen LogP contribution in [0.15, 0.2) is 0 Å². The van der Waals surface area contributed by atoms with E-state index in [-0.39, 0.29) is 0 Å². The molecule has 1 N–H and O–H groups in total. The van der Waals surface area contributed by atoms with Crippen LogP contribution >= 0.6 is 0 Å². The average molecular weight is 162 g/mol. The van der Waals surface area contributed by atoms with Gasteiger partial charge in [-0.2, -0.15) is 0 Å². The van der Waals surface area contributed by atoms with Crippen LogP contribution in [-0.2, 0) is 14.3 Å². The fourth-order valence-electron chi connectivity index (χ4n) is 0.755. The highest BCUT2D eigenvalue weighted by atomic mass is 16.5. The van der Waals surface area contributed by atoms with Crippen LogP contribution < -0.4 is 0 Å². The van der Waals surface area contributed by atoms with E-state index in [1.54, 1.807) is 7.11 Å². The Kier molecular flexibility index (Phi) is 5.78. The van der Waals surface area contributed by atoms with E-state index in [2.05, 4.69) is 0 Å². The molecular weight excluding hydrogens is 148 g/mol. The number of carbonyl (C=O) groups is 1. The first kappa shape index (κ1) is 10.4. The zero-order chi connectivity index (χ0) is 8.69. The number of aliphatic carboxylic acids is 1. The van der Waals surface area contributed by atoms with Gasteiger partial charge in [-0.15, -0.1) is 0 Å². The van der Waals surface area contributed by atoms with E-state index in [9.17, 15) is 4.79 Å². The summed E-state index contributed by atoms with van der Waals surface area (Å²) in [6, 6.07) is 0. The third-order valence-corrected chi connectivity index (χ3v) is 1.37. The van der Waals surface area contributed by atoms with Crippen LogP contribution in [0.2, 0.25) is 0 Å². The predicted molar refractivity (Wildman–Crippen MR) is 39.5 cm³/mol. The highest BCUT2D eigenvalue weighted by Gasteiger charge is 2.14. The van der Waals surface area contributed by atoms with Crippen molar-refractivity contribution >= 4 is 5.97 Å². The Morgan fingerprint density at radius 1 is 1.55 bits per heavy atom. The molecule has 11 heavy (non-hydrogen) atoms. The molecule has 0 fully saturated rings. The maximum absolute atomic E-state index is 10.4. The van der Waals surface area contributed by atoms with Gasteiger partial charge >= 0.3 is 5.97 Å². The van der Waals surface area contributed by atoms with Gasteiger partial charge in [0.25, 0.3) is 0 Å². The van der Waals surface area contributed by atoms with E-state index >= 15 is 0 Å². The molecule has 0 aromatic heterocycles. The van der Waals surface area contributed by atoms with Crippen molar-refractivity contribution in [3.8, 4) is 0 Å². The molecule has 0 saturated heterocycles. The van der Waals surface area contributed by atoms with Gasteiger partial charge in [0.2, 0.25) is 0 Å². The Bertz CT molecular complexity index is 113. The fraction of sp³-hybridized carbons (Fsp3) is 0.857. The predicted octanol–water partition coefficient (Wildman–Crippen LogP) is 0.513. The van der Waals surface area contributed by atoms with Crippen LogP contribution in [0, 0.1) is 0 Å². The topological polar surface area (TPSA) is 55.8 Å². The van der Waals surface area contributed by atoms with Gasteiger partial charge in [0.15, 0.2) is 6.10 Å². The first-order valence-electron chi connectivity index (χ1n) is 3.47. The minimum Gasteiger partial charge on any atom is -0.479 e. The molecule has 0 aliphatic carbocycles. The van der Waals surface area contributed by atoms with Crippen molar-refractivity contribution in [2.45, 2.75) is 18.9 Å². The second-order valence-corrected chi connectivity index (χ2v) is 2.20. The second kappa shape index (κ2) is 6.12. The number of hydrogen-bond acceptors (Lipinski definition) is 3. The first-order chi connectivity index (χ1) is 5.22. The summed E-state index contributed by atoms with van der Waals surface area (Å²) in [7, 11) is 2.98. The molecule has 0 radical (unpaired) electrons. The van der Waals surface area contributed by atoms with Gasteiger partial charge in [-0.1, -0.05) is 0 Å². The number of methoxy groups -OCH3 is 2. The van der Waals surface area contributed by atoms with Crippen molar-refractivity contribution in [2.75, 3.05) is 20.8 Å². The summed E-state index contributed by atoms with van der Waals surface area (Å²) in [6.45, 7) is 0.577. The van der Waals surface area contributed by atoms with Gasteiger partial charge in [-0.3, -0.25) is 0 Å². The summed E-state index contributed by atoms with van der Waals surface area (Å²) in [5.41, 5.74) is 0. The summed E-state index contributed by atoms with van der Waals surface area (Å²) in [4.78, 5) is 10.4. The zero-order valence-electron chi connectivity index (χ0n) is 6.87. The third kappa shape index (κ3) is 4.75. The molecule has 66 valence electrons. The molecule has 0 saturated carbocycles. The summed E-state index contributed by atoms with van der Waals surface area (Å²) >= 11 is 0. The number of carboxylic acid groups (broad SMARTS) is 1. The molecule has 0 rings (SSSR count). The maximum Gasteiger partial charge on any atom is 0.332 e. The summed E-state index contributed by atoms with van der Waals surface area (Å²) < 4.78 is 9.47. The lowest BCUT2D eigenvalue weighted by Gasteiger charge is -2.08. The molecule has 1 atom stereocenters. The molecule has 1 unspecified atom stereocenters. The molecule has 0 aromatic rings. The Hall–Kier alpha value is -0.610. The summed E-state index contributed by atoms with van der Waals surface area (Å²) in [5.74, 6) is -0.913. The maximum atomic E-state index is 10.4. The van der Waals surface area contributed by atoms with Crippen molar-refractivity contribution in [2.24, 2.45) is 0 Å². The van der Waals surface area contributed by atoms with E-state index in [1.807, 2.05) is 0 Å². The smallest absolute Gasteiger partial charge is 0.332 e. The molecule has 0 spiro atoms. The number of rotatable bonds is 6. The van der Waals surface area contributed by atoms with Crippen molar-refractivity contribution in [3.05, 3.63) is 0 Å². The van der Waals surface area contributed by atoms with E-state index in [0.717, 1.165) is 0 Å². The van der Waals surface area contributed by atoms with Crippen molar-refractivity contribution in [3.63, 3.8) is 0 Å². The van der Waals surface area contributed by atoms with Gasteiger partial charge in [-0.05, 0) is 12.8 Å². The lowest BCUT2D eigenvalue weighted by molar-refractivity contribution is -0.149. The molecule has 0 aromatic carbocycles. The lowest BCUT2D eigenvalue weighted by atomic mass is 10.2. The van der Waals surface area contributed by atoms with Crippen LogP contribution in [0.5, 0.6) is 0 Å². The molecule has 0 aliphatic heterocycles. The Labute approximate surface area is 66.1 Å². The van der Waals surface area contributed by atoms with Gasteiger partial charge in [0.05, 0.1) is 0 Å². The molecule has 4 nitrogen and oxygen atoms in total. The fourth-order valence-corrected chi connectivity index (χ4v) is 0.755. The SMILES string of the molecule is COCCCC(OC)C(=O)O. The molecule has 4 heteroatoms. The normalized spacial score (nSPS) is 12.9. The van der Waals surface area contributed by atoms with Gasteiger partial charge in [-0.25, -0.2) is 4.79 Å². The molecule has 0 amide bonds. The zero-order valence-corrected chi connectivity index (χ0v) is 6.87. The van der Waals surface area contributed by atoms with Crippen LogP contribution in [0.3, 0.4) is 0 Å². The minimum atomic E-state index is -0.913. The van der Waals surface area contributed by atoms with E-state index in [0.29, 0.717) is 19.4 Å². The van der Waals surface area contributed by atoms with Crippen molar-refractivity contribution < 1.29 is 19.4 Å².